The lowest BCUT2D eigenvalue weighted by Gasteiger charge is -2.09. The number of ether oxygens (including phenoxy) is 1. The van der Waals surface area contributed by atoms with Gasteiger partial charge in [-0.15, -0.1) is 0 Å². The molecule has 0 bridgehead atoms. The molecule has 0 saturated heterocycles. The Morgan fingerprint density at radius 3 is 2.35 bits per heavy atom. The van der Waals surface area contributed by atoms with Crippen LogP contribution in [0, 0.1) is 35.3 Å². The number of hydrogen-bond donors (Lipinski definition) is 1. The van der Waals surface area contributed by atoms with E-state index in [4.69, 9.17) is 4.74 Å². The van der Waals surface area contributed by atoms with Crippen LogP contribution in [0.15, 0.2) is 60.2 Å². The highest BCUT2D eigenvalue weighted by atomic mass is 16.6. The van der Waals surface area contributed by atoms with Crippen LogP contribution in [-0.4, -0.2) is 22.5 Å². The molecule has 0 aliphatic rings. The SMILES string of the molecule is COc1ccc(NC(=O)/C(C#N)=C/c2cc(C)n(-c3ccc([N+](=O)[O-])cc3)c2C)cc1. The number of hydrogen-bond acceptors (Lipinski definition) is 5. The highest BCUT2D eigenvalue weighted by Gasteiger charge is 2.15. The molecule has 156 valence electrons. The van der Waals surface area contributed by atoms with Gasteiger partial charge in [0.15, 0.2) is 0 Å². The Morgan fingerprint density at radius 1 is 1.16 bits per heavy atom. The van der Waals surface area contributed by atoms with Crippen LogP contribution in [0.5, 0.6) is 5.75 Å². The maximum atomic E-state index is 12.6. The molecule has 3 aromatic rings. The summed E-state index contributed by atoms with van der Waals surface area (Å²) in [6.45, 7) is 3.74. The number of benzene rings is 2. The van der Waals surface area contributed by atoms with Gasteiger partial charge in [-0.1, -0.05) is 0 Å². The first-order chi connectivity index (χ1) is 14.8. The van der Waals surface area contributed by atoms with E-state index in [0.717, 1.165) is 17.1 Å². The van der Waals surface area contributed by atoms with Crippen LogP contribution in [0.25, 0.3) is 11.8 Å². The number of methoxy groups -OCH3 is 1. The van der Waals surface area contributed by atoms with Gasteiger partial charge in [0, 0.05) is 34.9 Å². The summed E-state index contributed by atoms with van der Waals surface area (Å²) in [7, 11) is 1.55. The number of non-ortho nitro benzene ring substituents is 1. The fraction of sp³-hybridized carbons (Fsp3) is 0.130. The number of amides is 1. The monoisotopic (exact) mass is 416 g/mol. The van der Waals surface area contributed by atoms with Gasteiger partial charge in [0.25, 0.3) is 11.6 Å². The second-order valence-corrected chi connectivity index (χ2v) is 6.79. The highest BCUT2D eigenvalue weighted by Crippen LogP contribution is 2.25. The van der Waals surface area contributed by atoms with Crippen molar-refractivity contribution in [1.29, 1.82) is 5.26 Å². The fourth-order valence-electron chi connectivity index (χ4n) is 3.23. The van der Waals surface area contributed by atoms with Gasteiger partial charge in [-0.25, -0.2) is 0 Å². The van der Waals surface area contributed by atoms with E-state index < -0.39 is 10.8 Å². The summed E-state index contributed by atoms with van der Waals surface area (Å²) < 4.78 is 7.00. The normalized spacial score (nSPS) is 11.0. The quantitative estimate of drug-likeness (QED) is 0.274. The lowest BCUT2D eigenvalue weighted by Crippen LogP contribution is -2.13. The van der Waals surface area contributed by atoms with E-state index in [-0.39, 0.29) is 11.3 Å². The molecule has 0 fully saturated rings. The van der Waals surface area contributed by atoms with E-state index >= 15 is 0 Å². The van der Waals surface area contributed by atoms with E-state index in [0.29, 0.717) is 17.0 Å². The molecular formula is C23H20N4O4. The highest BCUT2D eigenvalue weighted by molar-refractivity contribution is 6.09. The van der Waals surface area contributed by atoms with Gasteiger partial charge in [-0.3, -0.25) is 14.9 Å². The van der Waals surface area contributed by atoms with Crippen molar-refractivity contribution in [1.82, 2.24) is 4.57 Å². The predicted octanol–water partition coefficient (Wildman–Crippen LogP) is 4.56. The number of aromatic nitrogens is 1. The molecule has 3 rings (SSSR count). The predicted molar refractivity (Wildman–Crippen MR) is 117 cm³/mol. The maximum Gasteiger partial charge on any atom is 0.269 e. The Morgan fingerprint density at radius 2 is 1.81 bits per heavy atom. The Balaban J connectivity index is 1.88. The summed E-state index contributed by atoms with van der Waals surface area (Å²) in [6, 6.07) is 16.8. The molecule has 0 atom stereocenters. The van der Waals surface area contributed by atoms with Crippen molar-refractivity contribution < 1.29 is 14.5 Å². The largest absolute Gasteiger partial charge is 0.497 e. The van der Waals surface area contributed by atoms with E-state index in [1.54, 1.807) is 43.5 Å². The minimum absolute atomic E-state index is 0.00769. The molecule has 0 aliphatic heterocycles. The number of carbonyl (C=O) groups is 1. The standard InChI is InChI=1S/C23H20N4O4/c1-15-12-17(16(2)26(15)20-6-8-21(9-7-20)27(29)30)13-18(14-24)23(28)25-19-4-10-22(31-3)11-5-19/h4-13H,1-3H3,(H,25,28)/b18-13+. The fourth-order valence-corrected chi connectivity index (χ4v) is 3.23. The number of nitrogens with zero attached hydrogens (tertiary/aromatic N) is 3. The van der Waals surface area contributed by atoms with Crippen LogP contribution in [0.3, 0.4) is 0 Å². The summed E-state index contributed by atoms with van der Waals surface area (Å²) in [4.78, 5) is 23.0. The van der Waals surface area contributed by atoms with Crippen LogP contribution in [0.4, 0.5) is 11.4 Å². The molecule has 0 radical (unpaired) electrons. The average Bonchev–Trinajstić information content (AvgIpc) is 3.05. The molecule has 8 heteroatoms. The van der Waals surface area contributed by atoms with Crippen LogP contribution < -0.4 is 10.1 Å². The molecular weight excluding hydrogens is 396 g/mol. The van der Waals surface area contributed by atoms with Crippen molar-refractivity contribution >= 4 is 23.4 Å². The molecule has 1 N–H and O–H groups in total. The molecule has 0 spiro atoms. The molecule has 1 amide bonds. The zero-order valence-electron chi connectivity index (χ0n) is 17.2. The number of nitrogens with one attached hydrogen (secondary N) is 1. The Hall–Kier alpha value is -4.38. The molecule has 1 aromatic heterocycles. The van der Waals surface area contributed by atoms with Gasteiger partial charge in [-0.2, -0.15) is 5.26 Å². The average molecular weight is 416 g/mol. The van der Waals surface area contributed by atoms with Crippen molar-refractivity contribution in [2.75, 3.05) is 12.4 Å². The number of nitro benzene ring substituents is 1. The van der Waals surface area contributed by atoms with Gasteiger partial charge >= 0.3 is 0 Å². The van der Waals surface area contributed by atoms with Crippen molar-refractivity contribution in [3.05, 3.63) is 87.2 Å². The van der Waals surface area contributed by atoms with Crippen molar-refractivity contribution in [2.45, 2.75) is 13.8 Å². The molecule has 1 heterocycles. The summed E-state index contributed by atoms with van der Waals surface area (Å²) in [5.74, 6) is 0.139. The molecule has 2 aromatic carbocycles. The number of anilines is 1. The summed E-state index contributed by atoms with van der Waals surface area (Å²) in [6.07, 6.45) is 1.53. The van der Waals surface area contributed by atoms with Crippen LogP contribution >= 0.6 is 0 Å². The number of carbonyl (C=O) groups excluding carboxylic acids is 1. The van der Waals surface area contributed by atoms with Gasteiger partial charge < -0.3 is 14.6 Å². The molecule has 0 aliphatic carbocycles. The molecule has 0 saturated carbocycles. The first kappa shape index (κ1) is 21.3. The zero-order valence-corrected chi connectivity index (χ0v) is 17.2. The first-order valence-corrected chi connectivity index (χ1v) is 9.35. The third kappa shape index (κ3) is 4.62. The smallest absolute Gasteiger partial charge is 0.269 e. The number of nitro groups is 1. The topological polar surface area (TPSA) is 110 Å². The summed E-state index contributed by atoms with van der Waals surface area (Å²) in [5.41, 5.74) is 3.64. The third-order valence-electron chi connectivity index (χ3n) is 4.80. The van der Waals surface area contributed by atoms with Gasteiger partial charge in [0.05, 0.1) is 12.0 Å². The van der Waals surface area contributed by atoms with E-state index in [2.05, 4.69) is 5.32 Å². The van der Waals surface area contributed by atoms with E-state index in [1.807, 2.05) is 30.6 Å². The van der Waals surface area contributed by atoms with E-state index in [1.165, 1.54) is 18.2 Å². The maximum absolute atomic E-state index is 12.6. The third-order valence-corrected chi connectivity index (χ3v) is 4.80. The van der Waals surface area contributed by atoms with Gasteiger partial charge in [-0.05, 0) is 68.0 Å². The zero-order chi connectivity index (χ0) is 22.5. The summed E-state index contributed by atoms with van der Waals surface area (Å²) in [5, 5.41) is 23.1. The molecule has 31 heavy (non-hydrogen) atoms. The molecule has 0 unspecified atom stereocenters. The minimum Gasteiger partial charge on any atom is -0.497 e. The minimum atomic E-state index is -0.521. The van der Waals surface area contributed by atoms with Gasteiger partial charge in [0.2, 0.25) is 0 Å². The molecule has 8 nitrogen and oxygen atoms in total. The lowest BCUT2D eigenvalue weighted by atomic mass is 10.1. The Labute approximate surface area is 179 Å². The van der Waals surface area contributed by atoms with Gasteiger partial charge in [0.1, 0.15) is 17.4 Å². The second kappa shape index (κ2) is 8.97. The second-order valence-electron chi connectivity index (χ2n) is 6.79. The van der Waals surface area contributed by atoms with Crippen LogP contribution in [-0.2, 0) is 4.79 Å². The van der Waals surface area contributed by atoms with Crippen LogP contribution in [0.2, 0.25) is 0 Å². The Bertz CT molecular complexity index is 1200. The summed E-state index contributed by atoms with van der Waals surface area (Å²) >= 11 is 0. The van der Waals surface area contributed by atoms with Crippen LogP contribution in [0.1, 0.15) is 17.0 Å². The Kier molecular flexibility index (Phi) is 6.17. The number of rotatable bonds is 6. The first-order valence-electron chi connectivity index (χ1n) is 9.35. The number of aryl methyl sites for hydroxylation is 1. The van der Waals surface area contributed by atoms with Crippen molar-refractivity contribution in [2.24, 2.45) is 0 Å². The van der Waals surface area contributed by atoms with Crippen molar-refractivity contribution in [3.63, 3.8) is 0 Å². The van der Waals surface area contributed by atoms with Crippen molar-refractivity contribution in [3.8, 4) is 17.5 Å². The number of nitriles is 1. The lowest BCUT2D eigenvalue weighted by molar-refractivity contribution is -0.384. The van der Waals surface area contributed by atoms with E-state index in [9.17, 15) is 20.2 Å².